The summed E-state index contributed by atoms with van der Waals surface area (Å²) >= 11 is 0. The van der Waals surface area contributed by atoms with Gasteiger partial charge in [-0.15, -0.1) is 0 Å². The predicted octanol–water partition coefficient (Wildman–Crippen LogP) is 2.06. The standard InChI is InChI=1S/C16H22N2O2/c19-15(18-13-6-2-3-7-13)17-11-16(20)10-9-12-5-1-4-8-14(12)16/h1,4-5,8,13,20H,2-3,6-7,9-11H2,(H2,17,18,19). The van der Waals surface area contributed by atoms with Gasteiger partial charge in [-0.1, -0.05) is 37.1 Å². The maximum Gasteiger partial charge on any atom is 0.315 e. The van der Waals surface area contributed by atoms with Gasteiger partial charge in [0.25, 0.3) is 0 Å². The van der Waals surface area contributed by atoms with Gasteiger partial charge in [0.1, 0.15) is 5.60 Å². The molecule has 4 nitrogen and oxygen atoms in total. The highest BCUT2D eigenvalue weighted by Gasteiger charge is 2.36. The third-order valence-corrected chi connectivity index (χ3v) is 4.56. The monoisotopic (exact) mass is 274 g/mol. The number of rotatable bonds is 3. The summed E-state index contributed by atoms with van der Waals surface area (Å²) in [5, 5.41) is 16.5. The molecular formula is C16H22N2O2. The third-order valence-electron chi connectivity index (χ3n) is 4.56. The minimum Gasteiger partial charge on any atom is -0.383 e. The van der Waals surface area contributed by atoms with E-state index in [4.69, 9.17) is 0 Å². The number of urea groups is 1. The second-order valence-electron chi connectivity index (χ2n) is 6.00. The third kappa shape index (κ3) is 2.66. The number of aryl methyl sites for hydroxylation is 1. The average Bonchev–Trinajstić information content (AvgIpc) is 3.07. The molecule has 20 heavy (non-hydrogen) atoms. The van der Waals surface area contributed by atoms with Crippen molar-refractivity contribution in [3.63, 3.8) is 0 Å². The molecular weight excluding hydrogens is 252 g/mol. The minimum atomic E-state index is -0.913. The summed E-state index contributed by atoms with van der Waals surface area (Å²) in [6.45, 7) is 0.280. The second-order valence-corrected chi connectivity index (χ2v) is 6.00. The van der Waals surface area contributed by atoms with Crippen LogP contribution >= 0.6 is 0 Å². The first kappa shape index (κ1) is 13.4. The molecule has 1 fully saturated rings. The molecule has 1 atom stereocenters. The smallest absolute Gasteiger partial charge is 0.315 e. The first-order chi connectivity index (χ1) is 9.67. The molecule has 0 aliphatic heterocycles. The fourth-order valence-corrected chi connectivity index (χ4v) is 3.39. The SMILES string of the molecule is O=C(NCC1(O)CCc2ccccc21)NC1CCCC1. The van der Waals surface area contributed by atoms with Crippen molar-refractivity contribution in [2.24, 2.45) is 0 Å². The van der Waals surface area contributed by atoms with Crippen molar-refractivity contribution >= 4 is 6.03 Å². The van der Waals surface area contributed by atoms with Crippen LogP contribution in [0.1, 0.15) is 43.2 Å². The Bertz CT molecular complexity index is 497. The fourth-order valence-electron chi connectivity index (χ4n) is 3.39. The van der Waals surface area contributed by atoms with Gasteiger partial charge in [-0.25, -0.2) is 4.79 Å². The lowest BCUT2D eigenvalue weighted by atomic mass is 9.96. The molecule has 0 heterocycles. The van der Waals surface area contributed by atoms with Crippen molar-refractivity contribution in [2.75, 3.05) is 6.54 Å². The van der Waals surface area contributed by atoms with E-state index >= 15 is 0 Å². The van der Waals surface area contributed by atoms with Gasteiger partial charge in [-0.3, -0.25) is 0 Å². The lowest BCUT2D eigenvalue weighted by Crippen LogP contribution is -2.46. The van der Waals surface area contributed by atoms with Gasteiger partial charge in [0.05, 0.1) is 6.54 Å². The molecule has 0 saturated heterocycles. The van der Waals surface area contributed by atoms with Crippen molar-refractivity contribution in [1.29, 1.82) is 0 Å². The Labute approximate surface area is 119 Å². The maximum atomic E-state index is 11.9. The normalized spacial score (nSPS) is 25.4. The molecule has 0 bridgehead atoms. The van der Waals surface area contributed by atoms with Crippen molar-refractivity contribution in [3.05, 3.63) is 35.4 Å². The topological polar surface area (TPSA) is 61.4 Å². The lowest BCUT2D eigenvalue weighted by molar-refractivity contribution is 0.0411. The van der Waals surface area contributed by atoms with E-state index in [-0.39, 0.29) is 12.6 Å². The maximum absolute atomic E-state index is 11.9. The van der Waals surface area contributed by atoms with E-state index in [2.05, 4.69) is 10.6 Å². The lowest BCUT2D eigenvalue weighted by Gasteiger charge is -2.25. The van der Waals surface area contributed by atoms with Gasteiger partial charge >= 0.3 is 6.03 Å². The predicted molar refractivity (Wildman–Crippen MR) is 77.5 cm³/mol. The second kappa shape index (κ2) is 5.44. The average molecular weight is 274 g/mol. The van der Waals surface area contributed by atoms with Crippen molar-refractivity contribution in [3.8, 4) is 0 Å². The van der Waals surface area contributed by atoms with Crippen LogP contribution in [0.4, 0.5) is 4.79 Å². The summed E-state index contributed by atoms with van der Waals surface area (Å²) in [6.07, 6.45) is 6.08. The number of aliphatic hydroxyl groups is 1. The van der Waals surface area contributed by atoms with E-state index in [0.29, 0.717) is 12.5 Å². The largest absolute Gasteiger partial charge is 0.383 e. The Hall–Kier alpha value is -1.55. The molecule has 3 rings (SSSR count). The molecule has 1 aromatic rings. The van der Waals surface area contributed by atoms with Gasteiger partial charge < -0.3 is 15.7 Å². The van der Waals surface area contributed by atoms with Crippen LogP contribution in [-0.4, -0.2) is 23.7 Å². The van der Waals surface area contributed by atoms with Crippen LogP contribution in [0.15, 0.2) is 24.3 Å². The highest BCUT2D eigenvalue weighted by atomic mass is 16.3. The van der Waals surface area contributed by atoms with Crippen LogP contribution in [0.2, 0.25) is 0 Å². The molecule has 1 saturated carbocycles. The van der Waals surface area contributed by atoms with Gasteiger partial charge in [-0.05, 0) is 36.8 Å². The zero-order chi connectivity index (χ0) is 14.0. The molecule has 2 amide bonds. The van der Waals surface area contributed by atoms with E-state index in [0.717, 1.165) is 24.8 Å². The number of carbonyl (C=O) groups is 1. The summed E-state index contributed by atoms with van der Waals surface area (Å²) in [6, 6.07) is 8.08. The van der Waals surface area contributed by atoms with Crippen LogP contribution in [0.25, 0.3) is 0 Å². The Morgan fingerprint density at radius 1 is 1.30 bits per heavy atom. The summed E-state index contributed by atoms with van der Waals surface area (Å²) in [5.41, 5.74) is 1.23. The first-order valence-electron chi connectivity index (χ1n) is 7.52. The Morgan fingerprint density at radius 2 is 2.05 bits per heavy atom. The quantitative estimate of drug-likeness (QED) is 0.790. The number of carbonyl (C=O) groups excluding carboxylic acids is 1. The Balaban J connectivity index is 1.57. The molecule has 0 spiro atoms. The van der Waals surface area contributed by atoms with Crippen LogP contribution in [0.3, 0.4) is 0 Å². The van der Waals surface area contributed by atoms with Gasteiger partial charge in [0, 0.05) is 6.04 Å². The first-order valence-corrected chi connectivity index (χ1v) is 7.52. The summed E-state index contributed by atoms with van der Waals surface area (Å²) in [5.74, 6) is 0. The van der Waals surface area contributed by atoms with Gasteiger partial charge in [0.15, 0.2) is 0 Å². The highest BCUT2D eigenvalue weighted by molar-refractivity contribution is 5.74. The van der Waals surface area contributed by atoms with Crippen molar-refractivity contribution < 1.29 is 9.90 Å². The van der Waals surface area contributed by atoms with E-state index in [1.165, 1.54) is 18.4 Å². The van der Waals surface area contributed by atoms with Crippen LogP contribution in [0.5, 0.6) is 0 Å². The molecule has 1 aromatic carbocycles. The summed E-state index contributed by atoms with van der Waals surface area (Å²) in [7, 11) is 0. The summed E-state index contributed by atoms with van der Waals surface area (Å²) < 4.78 is 0. The minimum absolute atomic E-state index is 0.158. The van der Waals surface area contributed by atoms with Crippen molar-refractivity contribution in [2.45, 2.75) is 50.2 Å². The number of fused-ring (bicyclic) bond motifs is 1. The van der Waals surface area contributed by atoms with E-state index in [9.17, 15) is 9.90 Å². The number of hydrogen-bond acceptors (Lipinski definition) is 2. The van der Waals surface area contributed by atoms with E-state index in [1.807, 2.05) is 24.3 Å². The molecule has 2 aliphatic rings. The molecule has 4 heteroatoms. The molecule has 0 radical (unpaired) electrons. The van der Waals surface area contributed by atoms with Crippen molar-refractivity contribution in [1.82, 2.24) is 10.6 Å². The zero-order valence-electron chi connectivity index (χ0n) is 11.7. The van der Waals surface area contributed by atoms with Crippen LogP contribution in [0, 0.1) is 0 Å². The molecule has 3 N–H and O–H groups in total. The van der Waals surface area contributed by atoms with Crippen LogP contribution < -0.4 is 10.6 Å². The number of nitrogens with one attached hydrogen (secondary N) is 2. The van der Waals surface area contributed by atoms with E-state index in [1.54, 1.807) is 0 Å². The van der Waals surface area contributed by atoms with Gasteiger partial charge in [-0.2, -0.15) is 0 Å². The highest BCUT2D eigenvalue weighted by Crippen LogP contribution is 2.36. The Kier molecular flexibility index (Phi) is 3.66. The molecule has 1 unspecified atom stereocenters. The summed E-state index contributed by atoms with van der Waals surface area (Å²) in [4.78, 5) is 11.9. The van der Waals surface area contributed by atoms with Crippen LogP contribution in [-0.2, 0) is 12.0 Å². The fraction of sp³-hybridized carbons (Fsp3) is 0.562. The number of hydrogen-bond donors (Lipinski definition) is 3. The molecule has 0 aromatic heterocycles. The Morgan fingerprint density at radius 3 is 2.85 bits per heavy atom. The van der Waals surface area contributed by atoms with E-state index < -0.39 is 5.60 Å². The molecule has 2 aliphatic carbocycles. The van der Waals surface area contributed by atoms with Gasteiger partial charge in [0.2, 0.25) is 0 Å². The number of amides is 2. The zero-order valence-corrected chi connectivity index (χ0v) is 11.7. The number of benzene rings is 1. The molecule has 108 valence electrons.